The summed E-state index contributed by atoms with van der Waals surface area (Å²) in [6.45, 7) is 5.53. The zero-order chi connectivity index (χ0) is 19.4. The molecular formula is C22H21NO4. The van der Waals surface area contributed by atoms with Gasteiger partial charge in [-0.1, -0.05) is 36.9 Å². The van der Waals surface area contributed by atoms with Gasteiger partial charge in [0.2, 0.25) is 0 Å². The largest absolute Gasteiger partial charge is 0.497 e. The van der Waals surface area contributed by atoms with Crippen LogP contribution < -0.4 is 4.74 Å². The van der Waals surface area contributed by atoms with Gasteiger partial charge in [-0.2, -0.15) is 0 Å². The number of amides is 1. The molecule has 0 fully saturated rings. The van der Waals surface area contributed by atoms with E-state index in [2.05, 4.69) is 6.58 Å². The van der Waals surface area contributed by atoms with E-state index in [1.807, 2.05) is 48.5 Å². The third kappa shape index (κ3) is 3.92. The summed E-state index contributed by atoms with van der Waals surface area (Å²) in [7, 11) is 1.62. The number of carbonyl (C=O) groups excluding carboxylic acids is 2. The average Bonchev–Trinajstić information content (AvgIpc) is 2.94. The van der Waals surface area contributed by atoms with Gasteiger partial charge < -0.3 is 14.4 Å². The van der Waals surface area contributed by atoms with Crippen molar-refractivity contribution in [2.45, 2.75) is 6.92 Å². The van der Waals surface area contributed by atoms with E-state index in [1.165, 1.54) is 0 Å². The maximum atomic E-state index is 12.8. The Morgan fingerprint density at radius 3 is 2.41 bits per heavy atom. The van der Waals surface area contributed by atoms with Crippen LogP contribution in [0.5, 0.6) is 5.75 Å². The molecule has 1 heterocycles. The lowest BCUT2D eigenvalue weighted by Gasteiger charge is -2.18. The van der Waals surface area contributed by atoms with Crippen LogP contribution in [0.15, 0.2) is 60.7 Å². The summed E-state index contributed by atoms with van der Waals surface area (Å²) in [6.07, 6.45) is 1.95. The van der Waals surface area contributed by atoms with E-state index in [9.17, 15) is 9.59 Å². The minimum atomic E-state index is -0.458. The highest BCUT2D eigenvalue weighted by Crippen LogP contribution is 2.34. The van der Waals surface area contributed by atoms with Crippen molar-refractivity contribution in [1.29, 1.82) is 0 Å². The number of hydrogen-bond acceptors (Lipinski definition) is 4. The van der Waals surface area contributed by atoms with Crippen LogP contribution in [0.4, 0.5) is 0 Å². The molecule has 0 atom stereocenters. The second-order valence-corrected chi connectivity index (χ2v) is 6.22. The van der Waals surface area contributed by atoms with Crippen LogP contribution in [-0.2, 0) is 9.53 Å². The minimum absolute atomic E-state index is 0.100. The summed E-state index contributed by atoms with van der Waals surface area (Å²) in [5, 5.41) is 0. The lowest BCUT2D eigenvalue weighted by Crippen LogP contribution is -2.28. The van der Waals surface area contributed by atoms with Crippen LogP contribution in [0.25, 0.3) is 11.8 Å². The predicted molar refractivity (Wildman–Crippen MR) is 104 cm³/mol. The van der Waals surface area contributed by atoms with E-state index in [0.717, 1.165) is 22.6 Å². The number of nitrogens with zero attached hydrogens (tertiary/aromatic N) is 1. The number of esters is 1. The third-order valence-corrected chi connectivity index (χ3v) is 4.29. The van der Waals surface area contributed by atoms with Crippen molar-refractivity contribution in [2.24, 2.45) is 0 Å². The van der Waals surface area contributed by atoms with Crippen molar-refractivity contribution in [3.05, 3.63) is 77.4 Å². The van der Waals surface area contributed by atoms with E-state index in [1.54, 1.807) is 25.0 Å². The molecule has 5 heteroatoms. The van der Waals surface area contributed by atoms with Crippen molar-refractivity contribution in [1.82, 2.24) is 4.90 Å². The summed E-state index contributed by atoms with van der Waals surface area (Å²) in [5.41, 5.74) is 3.57. The van der Waals surface area contributed by atoms with Gasteiger partial charge in [-0.15, -0.1) is 0 Å². The Bertz CT molecular complexity index is 912. The minimum Gasteiger partial charge on any atom is -0.497 e. The first kappa shape index (κ1) is 18.5. The molecule has 0 aromatic heterocycles. The predicted octanol–water partition coefficient (Wildman–Crippen LogP) is 3.77. The number of carbonyl (C=O) groups is 2. The maximum Gasteiger partial charge on any atom is 0.333 e. The molecule has 138 valence electrons. The molecule has 1 aliphatic heterocycles. The Hall–Kier alpha value is -3.34. The highest BCUT2D eigenvalue weighted by Gasteiger charge is 2.31. The molecule has 2 aromatic carbocycles. The zero-order valence-electron chi connectivity index (χ0n) is 15.4. The molecule has 1 aliphatic rings. The van der Waals surface area contributed by atoms with Crippen molar-refractivity contribution in [2.75, 3.05) is 20.3 Å². The summed E-state index contributed by atoms with van der Waals surface area (Å²) in [5.74, 6) is 0.209. The second kappa shape index (κ2) is 7.91. The zero-order valence-corrected chi connectivity index (χ0v) is 15.4. The Morgan fingerprint density at radius 2 is 1.78 bits per heavy atom. The number of ether oxygens (including phenoxy) is 2. The smallest absolute Gasteiger partial charge is 0.333 e. The van der Waals surface area contributed by atoms with Crippen molar-refractivity contribution in [3.8, 4) is 5.75 Å². The number of hydrogen-bond donors (Lipinski definition) is 0. The molecule has 0 saturated carbocycles. The van der Waals surface area contributed by atoms with Crippen LogP contribution in [0, 0.1) is 0 Å². The Balaban J connectivity index is 1.88. The lowest BCUT2D eigenvalue weighted by molar-refractivity contribution is -0.139. The molecule has 0 bridgehead atoms. The Morgan fingerprint density at radius 1 is 1.11 bits per heavy atom. The fourth-order valence-corrected chi connectivity index (χ4v) is 2.88. The number of benzene rings is 2. The molecule has 0 saturated heterocycles. The number of rotatable bonds is 6. The average molecular weight is 363 g/mol. The molecule has 3 rings (SSSR count). The van der Waals surface area contributed by atoms with Gasteiger partial charge in [0, 0.05) is 16.7 Å². The molecule has 0 radical (unpaired) electrons. The Kier molecular flexibility index (Phi) is 5.41. The van der Waals surface area contributed by atoms with Crippen LogP contribution in [-0.4, -0.2) is 37.0 Å². The molecule has 0 N–H and O–H groups in total. The normalized spacial score (nSPS) is 14.2. The lowest BCUT2D eigenvalue weighted by atomic mass is 10.1. The van der Waals surface area contributed by atoms with E-state index in [-0.39, 0.29) is 19.1 Å². The van der Waals surface area contributed by atoms with Gasteiger partial charge in [-0.3, -0.25) is 4.79 Å². The highest BCUT2D eigenvalue weighted by molar-refractivity contribution is 6.11. The van der Waals surface area contributed by atoms with Crippen molar-refractivity contribution >= 4 is 23.6 Å². The van der Waals surface area contributed by atoms with Gasteiger partial charge in [0.05, 0.1) is 19.4 Å². The number of methoxy groups -OCH3 is 1. The fraction of sp³-hybridized carbons (Fsp3) is 0.182. The first-order valence-electron chi connectivity index (χ1n) is 8.61. The first-order valence-corrected chi connectivity index (χ1v) is 8.61. The summed E-state index contributed by atoms with van der Waals surface area (Å²) in [4.78, 5) is 26.1. The quantitative estimate of drug-likeness (QED) is 0.579. The monoisotopic (exact) mass is 363 g/mol. The summed E-state index contributed by atoms with van der Waals surface area (Å²) >= 11 is 0. The van der Waals surface area contributed by atoms with E-state index in [0.29, 0.717) is 11.1 Å². The molecule has 0 aliphatic carbocycles. The molecule has 0 unspecified atom stereocenters. The standard InChI is InChI=1S/C22H21NO4/c1-15(2)22(25)27-13-12-23-20(14-16-8-10-17(26-3)11-9-16)18-6-4-5-7-19(18)21(23)24/h4-11,14H,1,12-13H2,2-3H3. The van der Waals surface area contributed by atoms with Gasteiger partial charge >= 0.3 is 5.97 Å². The van der Waals surface area contributed by atoms with Crippen LogP contribution in [0.1, 0.15) is 28.4 Å². The maximum absolute atomic E-state index is 12.8. The van der Waals surface area contributed by atoms with Gasteiger partial charge in [0.25, 0.3) is 5.91 Å². The van der Waals surface area contributed by atoms with Gasteiger partial charge in [-0.25, -0.2) is 4.79 Å². The highest BCUT2D eigenvalue weighted by atomic mass is 16.5. The topological polar surface area (TPSA) is 55.8 Å². The van der Waals surface area contributed by atoms with Crippen LogP contribution in [0.2, 0.25) is 0 Å². The van der Waals surface area contributed by atoms with Gasteiger partial charge in [-0.05, 0) is 36.8 Å². The second-order valence-electron chi connectivity index (χ2n) is 6.22. The van der Waals surface area contributed by atoms with E-state index in [4.69, 9.17) is 9.47 Å². The molecular weight excluding hydrogens is 342 g/mol. The molecule has 5 nitrogen and oxygen atoms in total. The van der Waals surface area contributed by atoms with Crippen LogP contribution in [0.3, 0.4) is 0 Å². The summed E-state index contributed by atoms with van der Waals surface area (Å²) in [6, 6.07) is 15.1. The van der Waals surface area contributed by atoms with Crippen LogP contribution >= 0.6 is 0 Å². The molecule has 2 aromatic rings. The van der Waals surface area contributed by atoms with Gasteiger partial charge in [0.1, 0.15) is 12.4 Å². The SMILES string of the molecule is C=C(C)C(=O)OCCN1C(=O)c2ccccc2C1=Cc1ccc(OC)cc1. The fourth-order valence-electron chi connectivity index (χ4n) is 2.88. The van der Waals surface area contributed by atoms with E-state index < -0.39 is 5.97 Å². The van der Waals surface area contributed by atoms with Gasteiger partial charge in [0.15, 0.2) is 0 Å². The van der Waals surface area contributed by atoms with Crippen molar-refractivity contribution in [3.63, 3.8) is 0 Å². The summed E-state index contributed by atoms with van der Waals surface area (Å²) < 4.78 is 10.4. The van der Waals surface area contributed by atoms with Crippen molar-refractivity contribution < 1.29 is 19.1 Å². The Labute approximate surface area is 158 Å². The third-order valence-electron chi connectivity index (χ3n) is 4.29. The van der Waals surface area contributed by atoms with E-state index >= 15 is 0 Å². The molecule has 1 amide bonds. The molecule has 27 heavy (non-hydrogen) atoms. The number of fused-ring (bicyclic) bond motifs is 1. The first-order chi connectivity index (χ1) is 13.0. The molecule has 0 spiro atoms.